The van der Waals surface area contributed by atoms with Gasteiger partial charge in [-0.15, -0.1) is 0 Å². The minimum absolute atomic E-state index is 0.209. The molecule has 0 aliphatic carbocycles. The third-order valence-corrected chi connectivity index (χ3v) is 9.26. The molecule has 0 spiro atoms. The molecule has 54 heavy (non-hydrogen) atoms. The Kier molecular flexibility index (Phi) is 16.5. The molecule has 0 bridgehead atoms. The summed E-state index contributed by atoms with van der Waals surface area (Å²) in [6, 6.07) is 18.4. The van der Waals surface area contributed by atoms with Crippen molar-refractivity contribution in [3.05, 3.63) is 71.8 Å². The molecular formula is C40H58N2O11S. The molecule has 2 aliphatic rings. The lowest BCUT2D eigenvalue weighted by Crippen LogP contribution is -2.45. The van der Waals surface area contributed by atoms with Gasteiger partial charge < -0.3 is 24.1 Å². The van der Waals surface area contributed by atoms with Gasteiger partial charge in [0.1, 0.15) is 23.0 Å². The van der Waals surface area contributed by atoms with Gasteiger partial charge in [0, 0.05) is 32.3 Å². The molecule has 2 amide bonds. The maximum Gasteiger partial charge on any atom is 0.411 e. The molecule has 2 heterocycles. The average Bonchev–Trinajstić information content (AvgIpc) is 3.70. The summed E-state index contributed by atoms with van der Waals surface area (Å²) in [5.74, 6) is -2.13. The molecule has 2 fully saturated rings. The molecular weight excluding hydrogens is 717 g/mol. The van der Waals surface area contributed by atoms with Crippen LogP contribution in [-0.4, -0.2) is 121 Å². The maximum atomic E-state index is 12.5. The van der Waals surface area contributed by atoms with Crippen molar-refractivity contribution in [3.63, 3.8) is 0 Å². The van der Waals surface area contributed by atoms with Gasteiger partial charge in [0.15, 0.2) is 15.6 Å². The number of carbonyl (C=O) groups is 4. The van der Waals surface area contributed by atoms with E-state index in [0.717, 1.165) is 31.9 Å². The molecule has 13 nitrogen and oxygen atoms in total. The number of ether oxygens (including phenoxy) is 4. The first-order chi connectivity index (χ1) is 25.2. The Hall–Kier alpha value is -4.01. The van der Waals surface area contributed by atoms with Crippen LogP contribution >= 0.6 is 0 Å². The number of aliphatic carboxylic acids is 1. The van der Waals surface area contributed by atoms with Crippen LogP contribution in [0.3, 0.4) is 0 Å². The molecule has 2 aromatic carbocycles. The fraction of sp³-hybridized carbons (Fsp3) is 0.600. The quantitative estimate of drug-likeness (QED) is 0.233. The number of hydrogen-bond acceptors (Lipinski definition) is 10. The first-order valence-corrected chi connectivity index (χ1v) is 20.5. The number of carboxylic acids is 1. The highest BCUT2D eigenvalue weighted by atomic mass is 32.2. The Morgan fingerprint density at radius 1 is 0.685 bits per heavy atom. The van der Waals surface area contributed by atoms with Gasteiger partial charge in [-0.2, -0.15) is 0 Å². The van der Waals surface area contributed by atoms with Crippen LogP contribution < -0.4 is 0 Å². The number of Topliss-reactive ketones (excluding diaryl/α,β-unsaturated/α-hetero) is 1. The van der Waals surface area contributed by atoms with Crippen molar-refractivity contribution < 1.29 is 51.6 Å². The third kappa shape index (κ3) is 16.2. The van der Waals surface area contributed by atoms with E-state index in [0.29, 0.717) is 19.6 Å². The molecule has 14 heteroatoms. The van der Waals surface area contributed by atoms with E-state index in [1.807, 2.05) is 36.4 Å². The number of hydrogen-bond donors (Lipinski definition) is 1. The summed E-state index contributed by atoms with van der Waals surface area (Å²) < 4.78 is 45.5. The lowest BCUT2D eigenvalue weighted by molar-refractivity contribution is -0.142. The van der Waals surface area contributed by atoms with Gasteiger partial charge >= 0.3 is 18.2 Å². The molecule has 2 saturated heterocycles. The van der Waals surface area contributed by atoms with Crippen molar-refractivity contribution in [2.75, 3.05) is 38.3 Å². The lowest BCUT2D eigenvalue weighted by atomic mass is 10.1. The first kappa shape index (κ1) is 44.4. The molecule has 2 aromatic rings. The highest BCUT2D eigenvalue weighted by molar-refractivity contribution is 7.91. The smallest absolute Gasteiger partial charge is 0.411 e. The Labute approximate surface area is 320 Å². The Morgan fingerprint density at radius 3 is 1.44 bits per heavy atom. The van der Waals surface area contributed by atoms with Crippen molar-refractivity contribution >= 4 is 33.8 Å². The molecule has 0 unspecified atom stereocenters. The zero-order valence-electron chi connectivity index (χ0n) is 32.7. The van der Waals surface area contributed by atoms with Crippen LogP contribution in [0.25, 0.3) is 0 Å². The van der Waals surface area contributed by atoms with E-state index in [9.17, 15) is 32.7 Å². The highest BCUT2D eigenvalue weighted by Crippen LogP contribution is 2.26. The maximum absolute atomic E-state index is 12.5. The monoisotopic (exact) mass is 774 g/mol. The van der Waals surface area contributed by atoms with Crippen LogP contribution in [0, 0.1) is 0 Å². The zero-order valence-corrected chi connectivity index (χ0v) is 33.5. The average molecular weight is 775 g/mol. The van der Waals surface area contributed by atoms with Gasteiger partial charge in [-0.25, -0.2) is 22.8 Å². The minimum Gasteiger partial charge on any atom is -0.480 e. The van der Waals surface area contributed by atoms with Crippen LogP contribution in [0.1, 0.15) is 78.4 Å². The van der Waals surface area contributed by atoms with Crippen molar-refractivity contribution in [3.8, 4) is 0 Å². The number of aryl methyl sites for hydroxylation is 2. The largest absolute Gasteiger partial charge is 0.480 e. The summed E-state index contributed by atoms with van der Waals surface area (Å²) >= 11 is 0. The Morgan fingerprint density at radius 2 is 1.07 bits per heavy atom. The van der Waals surface area contributed by atoms with Gasteiger partial charge in [0.2, 0.25) is 0 Å². The van der Waals surface area contributed by atoms with Crippen molar-refractivity contribution in [1.29, 1.82) is 0 Å². The summed E-state index contributed by atoms with van der Waals surface area (Å²) in [6.07, 6.45) is 3.20. The third-order valence-electron chi connectivity index (χ3n) is 8.45. The van der Waals surface area contributed by atoms with Crippen LogP contribution in [0.5, 0.6) is 0 Å². The molecule has 2 aliphatic heterocycles. The van der Waals surface area contributed by atoms with E-state index in [4.69, 9.17) is 18.9 Å². The second-order valence-corrected chi connectivity index (χ2v) is 17.9. The van der Waals surface area contributed by atoms with Crippen molar-refractivity contribution in [1.82, 2.24) is 9.80 Å². The van der Waals surface area contributed by atoms with Gasteiger partial charge in [-0.1, -0.05) is 60.7 Å². The van der Waals surface area contributed by atoms with Crippen LogP contribution in [0.15, 0.2) is 60.7 Å². The number of rotatable bonds is 14. The van der Waals surface area contributed by atoms with Crippen LogP contribution in [-0.2, 0) is 51.2 Å². The van der Waals surface area contributed by atoms with Crippen molar-refractivity contribution in [2.45, 2.75) is 116 Å². The summed E-state index contributed by atoms with van der Waals surface area (Å²) in [7, 11) is -3.48. The SMILES string of the molecule is CC(C)(C)OC(=O)N1C[C@@H](OCCCc2ccccc2)C[C@H]1C(=O)CS(C)(=O)=O.CC(C)(C)OC(=O)N1C[C@@H](OCCCc2ccccc2)C[C@H]1C(=O)O. The van der Waals surface area contributed by atoms with Crippen molar-refractivity contribution in [2.24, 2.45) is 0 Å². The highest BCUT2D eigenvalue weighted by Gasteiger charge is 2.43. The van der Waals surface area contributed by atoms with Gasteiger partial charge in [0.05, 0.1) is 31.3 Å². The fourth-order valence-corrected chi connectivity index (χ4v) is 6.83. The van der Waals surface area contributed by atoms with Gasteiger partial charge in [0.25, 0.3) is 0 Å². The number of nitrogens with zero attached hydrogens (tertiary/aromatic N) is 2. The van der Waals surface area contributed by atoms with E-state index in [2.05, 4.69) is 24.3 Å². The fourth-order valence-electron chi connectivity index (χ4n) is 6.12. The molecule has 4 rings (SSSR count). The predicted octanol–water partition coefficient (Wildman–Crippen LogP) is 5.73. The Balaban J connectivity index is 0.000000294. The van der Waals surface area contributed by atoms with E-state index in [-0.39, 0.29) is 31.7 Å². The molecule has 4 atom stereocenters. The van der Waals surface area contributed by atoms with E-state index in [1.54, 1.807) is 41.5 Å². The summed E-state index contributed by atoms with van der Waals surface area (Å²) in [4.78, 5) is 51.3. The normalized spacial score (nSPS) is 20.2. The number of sulfone groups is 1. The van der Waals surface area contributed by atoms with Crippen LogP contribution in [0.4, 0.5) is 9.59 Å². The number of ketones is 1. The molecule has 300 valence electrons. The minimum atomic E-state index is -3.48. The summed E-state index contributed by atoms with van der Waals surface area (Å²) in [5.41, 5.74) is 1.10. The summed E-state index contributed by atoms with van der Waals surface area (Å²) in [6.45, 7) is 12.0. The number of likely N-dealkylation sites (tertiary alicyclic amines) is 2. The molecule has 0 aromatic heterocycles. The standard InChI is InChI=1S/C21H31NO6S.C19H27NO5/c1-21(2,3)28-20(24)22-14-17(13-18(22)19(23)15-29(4,25)26)27-12-8-11-16-9-6-5-7-10-16;1-19(2,3)25-18(23)20-13-15(12-16(20)17(21)22)24-11-7-10-14-8-5-4-6-9-14/h5-7,9-10,17-18H,8,11-15H2,1-4H3;4-6,8-9,15-16H,7,10-13H2,1-3H3,(H,21,22)/t17-,18-;15-,16-/m00/s1. The van der Waals surface area contributed by atoms with E-state index < -0.39 is 62.8 Å². The van der Waals surface area contributed by atoms with Crippen LogP contribution in [0.2, 0.25) is 0 Å². The zero-order chi connectivity index (χ0) is 40.1. The van der Waals surface area contributed by atoms with Gasteiger partial charge in [-0.3, -0.25) is 14.6 Å². The number of carbonyl (C=O) groups excluding carboxylic acids is 3. The predicted molar refractivity (Wildman–Crippen MR) is 204 cm³/mol. The molecule has 0 saturated carbocycles. The molecule has 1 N–H and O–H groups in total. The van der Waals surface area contributed by atoms with E-state index >= 15 is 0 Å². The summed E-state index contributed by atoms with van der Waals surface area (Å²) in [5, 5.41) is 9.36. The van der Waals surface area contributed by atoms with Gasteiger partial charge in [-0.05, 0) is 78.4 Å². The molecule has 0 radical (unpaired) electrons. The second-order valence-electron chi connectivity index (χ2n) is 15.8. The second kappa shape index (κ2) is 20.1. The first-order valence-electron chi connectivity index (χ1n) is 18.4. The number of amides is 2. The van der Waals surface area contributed by atoms with E-state index in [1.165, 1.54) is 20.9 Å². The number of carboxylic acid groups (broad SMARTS) is 1. The number of benzene rings is 2. The topological polar surface area (TPSA) is 166 Å². The Bertz CT molecular complexity index is 1620. The lowest BCUT2D eigenvalue weighted by Gasteiger charge is -2.27.